The number of carbonyl (C=O) groups is 3. The van der Waals surface area contributed by atoms with Crippen LogP contribution < -0.4 is 15.5 Å². The Bertz CT molecular complexity index is 1170. The Kier molecular flexibility index (Phi) is 9.60. The molecule has 3 aromatic carbocycles. The number of rotatable bonds is 10. The highest BCUT2D eigenvalue weighted by molar-refractivity contribution is 6.02. The molecule has 0 bridgehead atoms. The number of para-hydroxylation sites is 1. The molecule has 0 fully saturated rings. The fourth-order valence-electron chi connectivity index (χ4n) is 3.36. The van der Waals surface area contributed by atoms with Crippen molar-refractivity contribution in [2.75, 3.05) is 0 Å². The molecule has 0 aliphatic carbocycles. The van der Waals surface area contributed by atoms with Gasteiger partial charge in [-0.15, -0.1) is 0 Å². The van der Waals surface area contributed by atoms with E-state index in [0.29, 0.717) is 29.7 Å². The van der Waals surface area contributed by atoms with Crippen molar-refractivity contribution in [2.45, 2.75) is 25.0 Å². The molecule has 0 unspecified atom stereocenters. The number of amides is 3. The van der Waals surface area contributed by atoms with Crippen LogP contribution in [0.1, 0.15) is 34.9 Å². The van der Waals surface area contributed by atoms with Crippen molar-refractivity contribution in [2.24, 2.45) is 0 Å². The van der Waals surface area contributed by atoms with Crippen LogP contribution in [0.5, 0.6) is 11.5 Å². The van der Waals surface area contributed by atoms with E-state index in [4.69, 9.17) is 14.7 Å². The molecule has 0 saturated carbocycles. The van der Waals surface area contributed by atoms with E-state index in [1.165, 1.54) is 23.7 Å². The van der Waals surface area contributed by atoms with Gasteiger partial charge in [0.05, 0.1) is 0 Å². The Hall–Kier alpha value is -4.63. The van der Waals surface area contributed by atoms with Crippen LogP contribution in [0.4, 0.5) is 4.79 Å². The van der Waals surface area contributed by atoms with Crippen LogP contribution in [0.3, 0.4) is 0 Å². The molecular weight excluding hydrogens is 464 g/mol. The van der Waals surface area contributed by atoms with Gasteiger partial charge < -0.3 is 14.6 Å². The van der Waals surface area contributed by atoms with Crippen LogP contribution in [0.15, 0.2) is 97.1 Å². The largest absolute Gasteiger partial charge is 0.508 e. The molecule has 0 heterocycles. The molecule has 9 nitrogen and oxygen atoms in total. The molecule has 9 heteroatoms. The van der Waals surface area contributed by atoms with Crippen molar-refractivity contribution in [1.29, 1.82) is 0 Å². The van der Waals surface area contributed by atoms with Gasteiger partial charge in [0.15, 0.2) is 6.10 Å². The zero-order valence-electron chi connectivity index (χ0n) is 19.2. The first-order chi connectivity index (χ1) is 17.5. The van der Waals surface area contributed by atoms with Crippen molar-refractivity contribution < 1.29 is 34.2 Å². The van der Waals surface area contributed by atoms with E-state index in [0.717, 1.165) is 0 Å². The normalized spacial score (nSPS) is 12.4. The average molecular weight is 491 g/mol. The summed E-state index contributed by atoms with van der Waals surface area (Å²) in [6.07, 6.45) is 0.661. The van der Waals surface area contributed by atoms with Crippen molar-refractivity contribution in [1.82, 2.24) is 10.8 Å². The lowest BCUT2D eigenvalue weighted by molar-refractivity contribution is -0.124. The molecule has 186 valence electrons. The van der Waals surface area contributed by atoms with Gasteiger partial charge in [-0.05, 0) is 54.8 Å². The summed E-state index contributed by atoms with van der Waals surface area (Å²) in [4.78, 5) is 36.5. The minimum absolute atomic E-state index is 0.0275. The monoisotopic (exact) mass is 490 g/mol. The smallest absolute Gasteiger partial charge is 0.414 e. The fourth-order valence-corrected chi connectivity index (χ4v) is 3.36. The number of hydroxylamine groups is 1. The molecular formula is C27H26N2O7. The van der Waals surface area contributed by atoms with E-state index in [-0.39, 0.29) is 5.75 Å². The van der Waals surface area contributed by atoms with Crippen LogP contribution in [-0.4, -0.2) is 34.3 Å². The molecule has 0 aliphatic heterocycles. The highest BCUT2D eigenvalue weighted by Crippen LogP contribution is 2.30. The zero-order chi connectivity index (χ0) is 25.8. The van der Waals surface area contributed by atoms with Gasteiger partial charge >= 0.3 is 6.09 Å². The van der Waals surface area contributed by atoms with Gasteiger partial charge in [-0.25, -0.2) is 10.3 Å². The molecule has 36 heavy (non-hydrogen) atoms. The number of alkyl carbamates (subject to hydrolysis) is 1. The second-order valence-corrected chi connectivity index (χ2v) is 7.66. The number of imide groups is 1. The van der Waals surface area contributed by atoms with E-state index in [2.05, 4.69) is 5.32 Å². The van der Waals surface area contributed by atoms with Crippen LogP contribution in [-0.2, 0) is 9.53 Å². The molecule has 0 aromatic heterocycles. The Balaban J connectivity index is 1.84. The molecule has 3 aromatic rings. The second kappa shape index (κ2) is 13.3. The first-order valence-electron chi connectivity index (χ1n) is 11.1. The molecule has 3 amide bonds. The Morgan fingerprint density at radius 1 is 0.889 bits per heavy atom. The third kappa shape index (κ3) is 8.00. The van der Waals surface area contributed by atoms with E-state index in [9.17, 15) is 19.5 Å². The number of aromatic hydroxyl groups is 1. The summed E-state index contributed by atoms with van der Waals surface area (Å²) in [6.45, 7) is 0. The fraction of sp³-hybridized carbons (Fsp3) is 0.148. The average Bonchev–Trinajstić information content (AvgIpc) is 2.90. The maximum absolute atomic E-state index is 12.7. The van der Waals surface area contributed by atoms with Gasteiger partial charge in [0.2, 0.25) is 0 Å². The highest BCUT2D eigenvalue weighted by atomic mass is 16.6. The summed E-state index contributed by atoms with van der Waals surface area (Å²) in [7, 11) is 0. The van der Waals surface area contributed by atoms with Gasteiger partial charge in [0.1, 0.15) is 17.6 Å². The van der Waals surface area contributed by atoms with Crippen molar-refractivity contribution >= 4 is 17.9 Å². The summed E-state index contributed by atoms with van der Waals surface area (Å²) >= 11 is 0. The lowest BCUT2D eigenvalue weighted by Crippen LogP contribution is -2.36. The number of hydrogen-bond donors (Lipinski definition) is 4. The molecule has 0 aliphatic rings. The topological polar surface area (TPSA) is 134 Å². The second-order valence-electron chi connectivity index (χ2n) is 7.66. The lowest BCUT2D eigenvalue weighted by Gasteiger charge is -2.28. The number of phenols is 1. The summed E-state index contributed by atoms with van der Waals surface area (Å²) in [6, 6.07) is 23.2. The first-order valence-corrected chi connectivity index (χ1v) is 11.1. The summed E-state index contributed by atoms with van der Waals surface area (Å²) in [5.74, 6) is -0.753. The van der Waals surface area contributed by atoms with E-state index >= 15 is 0 Å². The van der Waals surface area contributed by atoms with Crippen LogP contribution in [0.2, 0.25) is 0 Å². The minimum Gasteiger partial charge on any atom is -0.508 e. The predicted octanol–water partition coefficient (Wildman–Crippen LogP) is 4.29. The van der Waals surface area contributed by atoms with Crippen molar-refractivity contribution in [3.8, 4) is 11.5 Å². The minimum atomic E-state index is -0.977. The maximum Gasteiger partial charge on any atom is 0.414 e. The van der Waals surface area contributed by atoms with Crippen molar-refractivity contribution in [3.63, 3.8) is 0 Å². The Morgan fingerprint density at radius 3 is 2.17 bits per heavy atom. The Labute approximate surface area is 207 Å². The Morgan fingerprint density at radius 2 is 1.53 bits per heavy atom. The van der Waals surface area contributed by atoms with Gasteiger partial charge in [-0.1, -0.05) is 54.6 Å². The van der Waals surface area contributed by atoms with Crippen LogP contribution in [0.25, 0.3) is 0 Å². The maximum atomic E-state index is 12.7. The molecule has 0 spiro atoms. The van der Waals surface area contributed by atoms with Crippen LogP contribution >= 0.6 is 0 Å². The molecule has 2 atom stereocenters. The van der Waals surface area contributed by atoms with Gasteiger partial charge in [0.25, 0.3) is 11.8 Å². The van der Waals surface area contributed by atoms with Gasteiger partial charge in [-0.3, -0.25) is 20.1 Å². The van der Waals surface area contributed by atoms with Crippen molar-refractivity contribution in [3.05, 3.63) is 108 Å². The summed E-state index contributed by atoms with van der Waals surface area (Å²) < 4.78 is 11.8. The van der Waals surface area contributed by atoms with Crippen LogP contribution in [0, 0.1) is 0 Å². The van der Waals surface area contributed by atoms with E-state index < -0.39 is 30.1 Å². The number of carbonyl (C=O) groups excluding carboxylic acids is 3. The molecule has 3 rings (SSSR count). The van der Waals surface area contributed by atoms with Gasteiger partial charge in [-0.2, -0.15) is 0 Å². The number of hydrogen-bond acceptors (Lipinski definition) is 7. The predicted molar refractivity (Wildman–Crippen MR) is 130 cm³/mol. The third-order valence-corrected chi connectivity index (χ3v) is 5.07. The molecule has 0 saturated heterocycles. The summed E-state index contributed by atoms with van der Waals surface area (Å²) in [5.41, 5.74) is 2.33. The SMILES string of the molecule is O=C(/C=C/CC[C@@H](Oc1ccccc1)[C@H](OC(=O)NC(=O)c1ccccc1)c1ccc(O)cc1)NO. The number of phenolic OH excluding ortho intramolecular Hbond substituents is 1. The summed E-state index contributed by atoms with van der Waals surface area (Å²) in [5, 5.41) is 20.6. The molecule has 4 N–H and O–H groups in total. The lowest BCUT2D eigenvalue weighted by atomic mass is 10.00. The third-order valence-electron chi connectivity index (χ3n) is 5.07. The number of allylic oxidation sites excluding steroid dienone is 1. The molecule has 0 radical (unpaired) electrons. The number of nitrogens with one attached hydrogen (secondary N) is 2. The zero-order valence-corrected chi connectivity index (χ0v) is 19.2. The number of ether oxygens (including phenoxy) is 2. The highest BCUT2D eigenvalue weighted by Gasteiger charge is 2.29. The quantitative estimate of drug-likeness (QED) is 0.189. The van der Waals surface area contributed by atoms with E-state index in [1.807, 2.05) is 6.07 Å². The first kappa shape index (κ1) is 26.0. The van der Waals surface area contributed by atoms with Gasteiger partial charge in [0, 0.05) is 11.6 Å². The van der Waals surface area contributed by atoms with E-state index in [1.54, 1.807) is 72.8 Å². The standard InChI is InChI=1S/C27H26N2O7/c30-21-17-15-19(16-18-21)25(36-27(33)28-26(32)20-9-3-1-4-10-20)23(13-7-8-14-24(31)29-34)35-22-11-5-2-6-12-22/h1-6,8-12,14-18,23,25,30,34H,7,13H2,(H,29,31)(H,28,32,33)/b14-8+/t23-,25-/m1/s1. The number of benzene rings is 3.